The lowest BCUT2D eigenvalue weighted by atomic mass is 10.0. The Morgan fingerprint density at radius 1 is 0.842 bits per heavy atom. The van der Waals surface area contributed by atoms with Gasteiger partial charge in [0.15, 0.2) is 0 Å². The lowest BCUT2D eigenvalue weighted by molar-refractivity contribution is 0.277. The van der Waals surface area contributed by atoms with Crippen molar-refractivity contribution in [3.63, 3.8) is 0 Å². The van der Waals surface area contributed by atoms with Crippen LogP contribution in [-0.2, 0) is 0 Å². The average molecular weight is 252 g/mol. The largest absolute Gasteiger partial charge is 0.391 e. The number of hydrogen-bond donors (Lipinski definition) is 2. The summed E-state index contributed by atoms with van der Waals surface area (Å²) in [6, 6.07) is 18.2. The molecule has 0 amide bonds. The maximum atomic E-state index is 8.92. The van der Waals surface area contributed by atoms with Crippen molar-refractivity contribution in [1.29, 1.82) is 0 Å². The quantitative estimate of drug-likeness (QED) is 0.821. The van der Waals surface area contributed by atoms with Gasteiger partial charge < -0.3 is 10.2 Å². The molecule has 0 aliphatic rings. The molecule has 2 nitrogen and oxygen atoms in total. The second kappa shape index (κ2) is 6.72. The molecular weight excluding hydrogens is 236 g/mol. The first-order valence-corrected chi connectivity index (χ1v) is 6.15. The summed E-state index contributed by atoms with van der Waals surface area (Å²) in [5, 5.41) is 17.8. The molecule has 0 unspecified atom stereocenters. The van der Waals surface area contributed by atoms with Crippen molar-refractivity contribution in [3.8, 4) is 11.1 Å². The van der Waals surface area contributed by atoms with E-state index < -0.39 is 0 Å². The SMILES string of the molecule is OCC(=C=Cc1ccc(-c2ccccc2)cc1)CO. The van der Waals surface area contributed by atoms with Gasteiger partial charge in [-0.25, -0.2) is 0 Å². The van der Waals surface area contributed by atoms with Crippen LogP contribution in [0.5, 0.6) is 0 Å². The minimum Gasteiger partial charge on any atom is -0.391 e. The molecule has 19 heavy (non-hydrogen) atoms. The molecule has 0 aliphatic carbocycles. The Kier molecular flexibility index (Phi) is 4.71. The van der Waals surface area contributed by atoms with Crippen molar-refractivity contribution in [2.24, 2.45) is 0 Å². The first-order valence-electron chi connectivity index (χ1n) is 6.15. The summed E-state index contributed by atoms with van der Waals surface area (Å²) in [4.78, 5) is 0. The van der Waals surface area contributed by atoms with Gasteiger partial charge in [-0.05, 0) is 22.8 Å². The van der Waals surface area contributed by atoms with Crippen molar-refractivity contribution in [1.82, 2.24) is 0 Å². The minimum absolute atomic E-state index is 0.172. The van der Waals surface area contributed by atoms with Crippen LogP contribution < -0.4 is 0 Å². The van der Waals surface area contributed by atoms with Gasteiger partial charge in [0.05, 0.1) is 13.2 Å². The van der Waals surface area contributed by atoms with Gasteiger partial charge in [0.2, 0.25) is 0 Å². The van der Waals surface area contributed by atoms with Crippen LogP contribution in [0.3, 0.4) is 0 Å². The van der Waals surface area contributed by atoms with Crippen molar-refractivity contribution >= 4 is 6.08 Å². The molecule has 0 heterocycles. The summed E-state index contributed by atoms with van der Waals surface area (Å²) >= 11 is 0. The van der Waals surface area contributed by atoms with Crippen molar-refractivity contribution in [2.45, 2.75) is 0 Å². The summed E-state index contributed by atoms with van der Waals surface area (Å²) in [7, 11) is 0. The highest BCUT2D eigenvalue weighted by Gasteiger charge is 1.95. The smallest absolute Gasteiger partial charge is 0.0738 e. The van der Waals surface area contributed by atoms with Crippen molar-refractivity contribution in [3.05, 3.63) is 71.5 Å². The van der Waals surface area contributed by atoms with Crippen LogP contribution in [0.25, 0.3) is 17.2 Å². The van der Waals surface area contributed by atoms with E-state index >= 15 is 0 Å². The molecule has 0 fully saturated rings. The summed E-state index contributed by atoms with van der Waals surface area (Å²) in [6.45, 7) is -0.343. The first-order chi connectivity index (χ1) is 9.33. The van der Waals surface area contributed by atoms with Crippen molar-refractivity contribution in [2.75, 3.05) is 13.2 Å². The molecule has 0 aromatic heterocycles. The summed E-state index contributed by atoms with van der Waals surface area (Å²) < 4.78 is 0. The molecule has 0 bridgehead atoms. The van der Waals surface area contributed by atoms with Crippen LogP contribution in [0.4, 0.5) is 0 Å². The predicted molar refractivity (Wildman–Crippen MR) is 77.5 cm³/mol. The Morgan fingerprint density at radius 2 is 1.42 bits per heavy atom. The number of aliphatic hydroxyl groups excluding tert-OH is 2. The molecule has 0 saturated heterocycles. The molecule has 2 aromatic carbocycles. The Bertz CT molecular complexity index is 570. The van der Waals surface area contributed by atoms with Crippen LogP contribution >= 0.6 is 0 Å². The van der Waals surface area contributed by atoms with Crippen LogP contribution in [0, 0.1) is 0 Å². The van der Waals surface area contributed by atoms with Crippen LogP contribution in [0.1, 0.15) is 5.56 Å². The number of aliphatic hydroxyl groups is 2. The Labute approximate surface area is 113 Å². The Hall–Kier alpha value is -2.12. The molecule has 0 radical (unpaired) electrons. The fraction of sp³-hybridized carbons (Fsp3) is 0.118. The van der Waals surface area contributed by atoms with Gasteiger partial charge in [0, 0.05) is 5.57 Å². The highest BCUT2D eigenvalue weighted by molar-refractivity contribution is 5.65. The van der Waals surface area contributed by atoms with E-state index in [0.717, 1.165) is 11.1 Å². The molecule has 0 spiro atoms. The third-order valence-corrected chi connectivity index (χ3v) is 2.84. The predicted octanol–water partition coefficient (Wildman–Crippen LogP) is 2.88. The molecule has 0 saturated carbocycles. The van der Waals surface area contributed by atoms with Crippen LogP contribution in [-0.4, -0.2) is 23.4 Å². The number of benzene rings is 2. The summed E-state index contributed by atoms with van der Waals surface area (Å²) in [6.07, 6.45) is 1.76. The summed E-state index contributed by atoms with van der Waals surface area (Å²) in [5.41, 5.74) is 6.69. The van der Waals surface area contributed by atoms with E-state index in [1.807, 2.05) is 42.5 Å². The molecule has 0 atom stereocenters. The average Bonchev–Trinajstić information content (AvgIpc) is 2.50. The van der Waals surface area contributed by atoms with Crippen molar-refractivity contribution < 1.29 is 10.2 Å². The third kappa shape index (κ3) is 3.67. The van der Waals surface area contributed by atoms with E-state index in [9.17, 15) is 0 Å². The zero-order valence-corrected chi connectivity index (χ0v) is 10.6. The van der Waals surface area contributed by atoms with Gasteiger partial charge in [0.25, 0.3) is 0 Å². The molecule has 2 heteroatoms. The first kappa shape index (κ1) is 13.3. The van der Waals surface area contributed by atoms with Gasteiger partial charge in [-0.1, -0.05) is 54.6 Å². The van der Waals surface area contributed by atoms with Gasteiger partial charge in [0.1, 0.15) is 0 Å². The third-order valence-electron chi connectivity index (χ3n) is 2.84. The molecule has 2 N–H and O–H groups in total. The highest BCUT2D eigenvalue weighted by atomic mass is 16.3. The maximum absolute atomic E-state index is 8.92. The monoisotopic (exact) mass is 252 g/mol. The van der Waals surface area contributed by atoms with E-state index in [0.29, 0.717) is 5.57 Å². The topological polar surface area (TPSA) is 40.5 Å². The van der Waals surface area contributed by atoms with Gasteiger partial charge in [-0.15, -0.1) is 5.73 Å². The second-order valence-corrected chi connectivity index (χ2v) is 4.20. The minimum atomic E-state index is -0.172. The molecule has 2 rings (SSSR count). The van der Waals surface area contributed by atoms with Gasteiger partial charge >= 0.3 is 0 Å². The fourth-order valence-corrected chi connectivity index (χ4v) is 1.73. The molecule has 96 valence electrons. The summed E-state index contributed by atoms with van der Waals surface area (Å²) in [5.74, 6) is 0. The fourth-order valence-electron chi connectivity index (χ4n) is 1.73. The Morgan fingerprint density at radius 3 is 2.00 bits per heavy atom. The van der Waals surface area contributed by atoms with E-state index in [2.05, 4.69) is 17.9 Å². The van der Waals surface area contributed by atoms with E-state index in [1.165, 1.54) is 5.56 Å². The molecule has 2 aromatic rings. The standard InChI is InChI=1S/C17H16O2/c18-12-15(13-19)7-6-14-8-10-17(11-9-14)16-4-2-1-3-5-16/h1-6,8-11,18-19H,12-13H2. The van der Waals surface area contributed by atoms with E-state index in [4.69, 9.17) is 10.2 Å². The van der Waals surface area contributed by atoms with Crippen LogP contribution in [0.2, 0.25) is 0 Å². The highest BCUT2D eigenvalue weighted by Crippen LogP contribution is 2.19. The van der Waals surface area contributed by atoms with E-state index in [1.54, 1.807) is 6.08 Å². The van der Waals surface area contributed by atoms with Crippen LogP contribution in [0.15, 0.2) is 65.9 Å². The normalized spacial score (nSPS) is 9.79. The Balaban J connectivity index is 2.22. The maximum Gasteiger partial charge on any atom is 0.0738 e. The molecule has 0 aliphatic heterocycles. The van der Waals surface area contributed by atoms with Gasteiger partial charge in [-0.3, -0.25) is 0 Å². The zero-order valence-electron chi connectivity index (χ0n) is 10.6. The zero-order chi connectivity index (χ0) is 13.5. The number of rotatable bonds is 4. The second-order valence-electron chi connectivity index (χ2n) is 4.20. The lowest BCUT2D eigenvalue weighted by Crippen LogP contribution is -1.93. The lowest BCUT2D eigenvalue weighted by Gasteiger charge is -2.01. The number of hydrogen-bond acceptors (Lipinski definition) is 2. The van der Waals surface area contributed by atoms with E-state index in [-0.39, 0.29) is 13.2 Å². The van der Waals surface area contributed by atoms with Gasteiger partial charge in [-0.2, -0.15) is 0 Å². The molecular formula is C17H16O2.